The van der Waals surface area contributed by atoms with Crippen molar-refractivity contribution in [2.24, 2.45) is 17.2 Å². The number of nitrogens with one attached hydrogen (secondary N) is 2. The number of carbonyl (C=O) groups excluding carboxylic acids is 3. The van der Waals surface area contributed by atoms with Crippen LogP contribution in [0.3, 0.4) is 0 Å². The number of aliphatic carboxylic acids is 1. The maximum atomic E-state index is 11.7. The summed E-state index contributed by atoms with van der Waals surface area (Å²) in [7, 11) is 0. The highest BCUT2D eigenvalue weighted by Gasteiger charge is 2.23. The Balaban J connectivity index is 4.23. The van der Waals surface area contributed by atoms with Crippen LogP contribution in [0.1, 0.15) is 25.7 Å². The third-order valence-corrected chi connectivity index (χ3v) is 2.62. The normalized spacial score (nSPS) is 13.0. The number of carboxylic acid groups (broad SMARTS) is 1. The van der Waals surface area contributed by atoms with Gasteiger partial charge >= 0.3 is 12.0 Å². The first-order chi connectivity index (χ1) is 9.73. The number of nitrogens with two attached hydrogens (primary N) is 3. The predicted octanol–water partition coefficient (Wildman–Crippen LogP) is -2.40. The third kappa shape index (κ3) is 9.21. The molecule has 0 aliphatic heterocycles. The average Bonchev–Trinajstić information content (AvgIpc) is 2.38. The van der Waals surface area contributed by atoms with Crippen molar-refractivity contribution in [1.82, 2.24) is 10.6 Å². The fraction of sp³-hybridized carbons (Fsp3) is 0.636. The summed E-state index contributed by atoms with van der Waals surface area (Å²) in [6, 6.07) is -2.85. The van der Waals surface area contributed by atoms with Crippen molar-refractivity contribution in [2.75, 3.05) is 6.54 Å². The number of primary amides is 2. The van der Waals surface area contributed by atoms with Gasteiger partial charge in [-0.3, -0.25) is 9.59 Å². The highest BCUT2D eigenvalue weighted by Crippen LogP contribution is 2.00. The van der Waals surface area contributed by atoms with Crippen molar-refractivity contribution in [1.29, 1.82) is 0 Å². The zero-order valence-corrected chi connectivity index (χ0v) is 11.5. The van der Waals surface area contributed by atoms with Gasteiger partial charge in [-0.15, -0.1) is 0 Å². The summed E-state index contributed by atoms with van der Waals surface area (Å²) in [5, 5.41) is 13.6. The SMILES string of the molecule is NC(=O)CC[C@H](N)C(=O)N[C@@H](CCCNC(N)=O)C(=O)O. The van der Waals surface area contributed by atoms with Crippen LogP contribution in [0.15, 0.2) is 0 Å². The number of amides is 4. The van der Waals surface area contributed by atoms with E-state index in [0.29, 0.717) is 6.42 Å². The van der Waals surface area contributed by atoms with Crippen LogP contribution in [-0.4, -0.2) is 47.5 Å². The van der Waals surface area contributed by atoms with Gasteiger partial charge in [0.05, 0.1) is 6.04 Å². The van der Waals surface area contributed by atoms with E-state index in [-0.39, 0.29) is 25.8 Å². The minimum atomic E-state index is -1.22. The lowest BCUT2D eigenvalue weighted by atomic mass is 10.1. The van der Waals surface area contributed by atoms with Gasteiger partial charge in [0.2, 0.25) is 11.8 Å². The topological polar surface area (TPSA) is 191 Å². The van der Waals surface area contributed by atoms with Gasteiger partial charge in [0.25, 0.3) is 0 Å². The van der Waals surface area contributed by atoms with E-state index in [0.717, 1.165) is 0 Å². The van der Waals surface area contributed by atoms with E-state index >= 15 is 0 Å². The van der Waals surface area contributed by atoms with Gasteiger partial charge in [0.1, 0.15) is 6.04 Å². The maximum absolute atomic E-state index is 11.7. The molecule has 0 heterocycles. The highest BCUT2D eigenvalue weighted by molar-refractivity contribution is 5.87. The van der Waals surface area contributed by atoms with Crippen LogP contribution in [0.5, 0.6) is 0 Å². The summed E-state index contributed by atoms with van der Waals surface area (Å²) in [6.45, 7) is 0.197. The van der Waals surface area contributed by atoms with Crippen LogP contribution in [0.2, 0.25) is 0 Å². The van der Waals surface area contributed by atoms with Crippen LogP contribution in [0.4, 0.5) is 4.79 Å². The second-order valence-electron chi connectivity index (χ2n) is 4.44. The van der Waals surface area contributed by atoms with Gasteiger partial charge in [-0.25, -0.2) is 9.59 Å². The summed E-state index contributed by atoms with van der Waals surface area (Å²) in [6.07, 6.45) is 0.395. The molecule has 0 unspecified atom stereocenters. The van der Waals surface area contributed by atoms with Gasteiger partial charge in [-0.05, 0) is 19.3 Å². The van der Waals surface area contributed by atoms with Crippen molar-refractivity contribution < 1.29 is 24.3 Å². The summed E-state index contributed by atoms with van der Waals surface area (Å²) >= 11 is 0. The monoisotopic (exact) mass is 303 g/mol. The minimum Gasteiger partial charge on any atom is -0.480 e. The number of hydrogen-bond acceptors (Lipinski definition) is 5. The number of carbonyl (C=O) groups is 4. The second-order valence-corrected chi connectivity index (χ2v) is 4.44. The fourth-order valence-corrected chi connectivity index (χ4v) is 1.48. The molecule has 0 aromatic heterocycles. The quantitative estimate of drug-likeness (QED) is 0.243. The molecule has 4 amide bonds. The molecule has 9 N–H and O–H groups in total. The van der Waals surface area contributed by atoms with E-state index in [1.807, 2.05) is 0 Å². The van der Waals surface area contributed by atoms with Gasteiger partial charge in [-0.2, -0.15) is 0 Å². The average molecular weight is 303 g/mol. The highest BCUT2D eigenvalue weighted by atomic mass is 16.4. The molecule has 0 radical (unpaired) electrons. The van der Waals surface area contributed by atoms with Gasteiger partial charge < -0.3 is 32.9 Å². The Kier molecular flexibility index (Phi) is 8.46. The first-order valence-corrected chi connectivity index (χ1v) is 6.34. The van der Waals surface area contributed by atoms with Crippen LogP contribution in [-0.2, 0) is 14.4 Å². The summed E-state index contributed by atoms with van der Waals surface area (Å²) in [5.74, 6) is -2.48. The molecule has 120 valence electrons. The molecule has 0 aliphatic carbocycles. The molecule has 0 rings (SSSR count). The molecule has 0 aliphatic rings. The molecule has 0 bridgehead atoms. The van der Waals surface area contributed by atoms with E-state index in [2.05, 4.69) is 10.6 Å². The Morgan fingerprint density at radius 2 is 1.71 bits per heavy atom. The van der Waals surface area contributed by atoms with Crippen LogP contribution < -0.4 is 27.8 Å². The number of carboxylic acids is 1. The Morgan fingerprint density at radius 1 is 1.10 bits per heavy atom. The van der Waals surface area contributed by atoms with Crippen molar-refractivity contribution in [3.63, 3.8) is 0 Å². The van der Waals surface area contributed by atoms with E-state index < -0.39 is 35.9 Å². The van der Waals surface area contributed by atoms with Crippen molar-refractivity contribution in [3.8, 4) is 0 Å². The molecular formula is C11H21N5O5. The zero-order valence-electron chi connectivity index (χ0n) is 11.5. The molecule has 2 atom stereocenters. The van der Waals surface area contributed by atoms with E-state index in [1.54, 1.807) is 0 Å². The molecule has 0 spiro atoms. The zero-order chi connectivity index (χ0) is 16.4. The molecular weight excluding hydrogens is 282 g/mol. The van der Waals surface area contributed by atoms with E-state index in [1.165, 1.54) is 0 Å². The van der Waals surface area contributed by atoms with E-state index in [4.69, 9.17) is 22.3 Å². The Hall–Kier alpha value is -2.36. The smallest absolute Gasteiger partial charge is 0.326 e. The predicted molar refractivity (Wildman–Crippen MR) is 72.8 cm³/mol. The van der Waals surface area contributed by atoms with Gasteiger partial charge in [-0.1, -0.05) is 0 Å². The lowest BCUT2D eigenvalue weighted by Crippen LogP contribution is -2.48. The Morgan fingerprint density at radius 3 is 2.19 bits per heavy atom. The largest absolute Gasteiger partial charge is 0.480 e. The molecule has 21 heavy (non-hydrogen) atoms. The molecule has 10 nitrogen and oxygen atoms in total. The van der Waals surface area contributed by atoms with Crippen LogP contribution in [0.25, 0.3) is 0 Å². The van der Waals surface area contributed by atoms with Crippen molar-refractivity contribution in [2.45, 2.75) is 37.8 Å². The Bertz CT molecular complexity index is 400. The summed E-state index contributed by atoms with van der Waals surface area (Å²) in [5.41, 5.74) is 15.3. The molecule has 0 aromatic carbocycles. The Labute approximate surface area is 121 Å². The number of hydrogen-bond donors (Lipinski definition) is 6. The standard InChI is InChI=1S/C11H21N5O5/c12-6(3-4-8(13)17)9(18)16-7(10(19)20)2-1-5-15-11(14)21/h6-7H,1-5,12H2,(H2,13,17)(H,16,18)(H,19,20)(H3,14,15,21)/t6-,7-/m0/s1. The lowest BCUT2D eigenvalue weighted by molar-refractivity contribution is -0.142. The van der Waals surface area contributed by atoms with Crippen molar-refractivity contribution >= 4 is 23.8 Å². The minimum absolute atomic E-state index is 0.0384. The molecule has 0 aromatic rings. The van der Waals surface area contributed by atoms with Crippen molar-refractivity contribution in [3.05, 3.63) is 0 Å². The summed E-state index contributed by atoms with van der Waals surface area (Å²) < 4.78 is 0. The fourth-order valence-electron chi connectivity index (χ4n) is 1.48. The second kappa shape index (κ2) is 9.53. The molecule has 0 saturated heterocycles. The molecule has 10 heteroatoms. The molecule has 0 fully saturated rings. The third-order valence-electron chi connectivity index (χ3n) is 2.62. The number of rotatable bonds is 10. The van der Waals surface area contributed by atoms with Gasteiger partial charge in [0, 0.05) is 13.0 Å². The maximum Gasteiger partial charge on any atom is 0.326 e. The van der Waals surface area contributed by atoms with E-state index in [9.17, 15) is 19.2 Å². The van der Waals surface area contributed by atoms with Gasteiger partial charge in [0.15, 0.2) is 0 Å². The summed E-state index contributed by atoms with van der Waals surface area (Å²) in [4.78, 5) is 43.7. The lowest BCUT2D eigenvalue weighted by Gasteiger charge is -2.17. The first kappa shape index (κ1) is 18.6. The first-order valence-electron chi connectivity index (χ1n) is 6.34. The van der Waals surface area contributed by atoms with Crippen LogP contribution >= 0.6 is 0 Å². The van der Waals surface area contributed by atoms with Crippen LogP contribution in [0, 0.1) is 0 Å². The molecule has 0 saturated carbocycles. The number of urea groups is 1.